The zero-order valence-electron chi connectivity index (χ0n) is 15.4. The number of hydrogen-bond donors (Lipinski definition) is 1. The van der Waals surface area contributed by atoms with E-state index < -0.39 is 0 Å². The normalized spacial score (nSPS) is 27.8. The van der Waals surface area contributed by atoms with Gasteiger partial charge in [0.25, 0.3) is 0 Å². The van der Waals surface area contributed by atoms with E-state index in [-0.39, 0.29) is 11.9 Å². The number of ether oxygens (including phenoxy) is 1. The zero-order valence-corrected chi connectivity index (χ0v) is 15.4. The Morgan fingerprint density at radius 1 is 1.48 bits per heavy atom. The second-order valence-corrected chi connectivity index (χ2v) is 7.18. The molecule has 2 aliphatic heterocycles. The van der Waals surface area contributed by atoms with Crippen molar-refractivity contribution >= 4 is 12.0 Å². The van der Waals surface area contributed by atoms with Crippen molar-refractivity contribution in [1.82, 2.24) is 20.0 Å². The summed E-state index contributed by atoms with van der Waals surface area (Å²) in [6, 6.07) is 2.16. The molecule has 138 valence electrons. The number of carbonyl (C=O) groups is 1. The number of hydrogen-bond acceptors (Lipinski definition) is 4. The van der Waals surface area contributed by atoms with Crippen molar-refractivity contribution in [1.29, 1.82) is 0 Å². The van der Waals surface area contributed by atoms with Gasteiger partial charge >= 0.3 is 0 Å². The third kappa shape index (κ3) is 4.92. The van der Waals surface area contributed by atoms with Crippen molar-refractivity contribution in [3.8, 4) is 0 Å². The van der Waals surface area contributed by atoms with Crippen LogP contribution in [0.15, 0.2) is 18.3 Å². The van der Waals surface area contributed by atoms with Gasteiger partial charge in [-0.2, -0.15) is 5.10 Å². The van der Waals surface area contributed by atoms with Crippen LogP contribution in [0.4, 0.5) is 0 Å². The third-order valence-corrected chi connectivity index (χ3v) is 5.26. The molecular formula is C19H30N4O2. The second kappa shape index (κ2) is 8.63. The number of likely N-dealkylation sites (tertiary alicyclic amines) is 1. The number of piperidine rings is 1. The van der Waals surface area contributed by atoms with Crippen LogP contribution < -0.4 is 5.32 Å². The smallest absolute Gasteiger partial charge is 0.244 e. The number of carbonyl (C=O) groups excluding carboxylic acids is 1. The first-order valence-corrected chi connectivity index (χ1v) is 9.50. The van der Waals surface area contributed by atoms with Gasteiger partial charge in [0.2, 0.25) is 5.91 Å². The van der Waals surface area contributed by atoms with Gasteiger partial charge in [0.15, 0.2) is 0 Å². The maximum Gasteiger partial charge on any atom is 0.244 e. The van der Waals surface area contributed by atoms with Crippen LogP contribution in [0.3, 0.4) is 0 Å². The highest BCUT2D eigenvalue weighted by Crippen LogP contribution is 2.20. The van der Waals surface area contributed by atoms with Gasteiger partial charge in [0.1, 0.15) is 0 Å². The largest absolute Gasteiger partial charge is 0.377 e. The first-order chi connectivity index (χ1) is 12.2. The van der Waals surface area contributed by atoms with Crippen molar-refractivity contribution in [2.45, 2.75) is 51.8 Å². The van der Waals surface area contributed by atoms with Gasteiger partial charge in [-0.05, 0) is 44.2 Å². The Kier molecular flexibility index (Phi) is 6.26. The second-order valence-electron chi connectivity index (χ2n) is 7.18. The molecule has 1 aromatic heterocycles. The van der Waals surface area contributed by atoms with Gasteiger partial charge < -0.3 is 15.0 Å². The first-order valence-electron chi connectivity index (χ1n) is 9.50. The molecule has 2 saturated heterocycles. The van der Waals surface area contributed by atoms with E-state index in [1.807, 2.05) is 23.7 Å². The van der Waals surface area contributed by atoms with Crippen molar-refractivity contribution in [2.24, 2.45) is 5.92 Å². The molecule has 1 amide bonds. The van der Waals surface area contributed by atoms with Crippen LogP contribution in [-0.2, 0) is 16.1 Å². The molecule has 1 N–H and O–H groups in total. The van der Waals surface area contributed by atoms with Crippen molar-refractivity contribution in [3.05, 3.63) is 24.0 Å². The van der Waals surface area contributed by atoms with E-state index in [4.69, 9.17) is 4.74 Å². The molecule has 6 nitrogen and oxygen atoms in total. The number of nitrogens with zero attached hydrogens (tertiary/aromatic N) is 3. The molecule has 0 unspecified atom stereocenters. The van der Waals surface area contributed by atoms with E-state index in [0.29, 0.717) is 12.0 Å². The quantitative estimate of drug-likeness (QED) is 0.800. The van der Waals surface area contributed by atoms with Crippen LogP contribution in [0.1, 0.15) is 38.8 Å². The van der Waals surface area contributed by atoms with Gasteiger partial charge in [-0.15, -0.1) is 0 Å². The van der Waals surface area contributed by atoms with Gasteiger partial charge in [-0.1, -0.05) is 6.92 Å². The van der Waals surface area contributed by atoms with Crippen LogP contribution in [0.25, 0.3) is 6.08 Å². The summed E-state index contributed by atoms with van der Waals surface area (Å²) < 4.78 is 7.61. The predicted octanol–water partition coefficient (Wildman–Crippen LogP) is 1.92. The van der Waals surface area contributed by atoms with E-state index in [1.54, 1.807) is 12.3 Å². The Balaban J connectivity index is 1.45. The standard InChI is InChI=1S/C19H30N4O2/c1-3-23-16(8-10-20-23)6-7-19(24)21-18-9-11-22(13-15(18)2)14-17-5-4-12-25-17/h6-8,10,15,17-18H,3-5,9,11-14H2,1-2H3,(H,21,24)/b7-6+/t15-,17-,18+/m0/s1. The SMILES string of the molecule is CCn1nccc1/C=C/C(=O)N[C@@H]1CCN(C[C@@H]2CCCO2)C[C@@H]1C. The minimum absolute atomic E-state index is 0.0201. The molecule has 0 spiro atoms. The fourth-order valence-corrected chi connectivity index (χ4v) is 3.83. The molecule has 0 bridgehead atoms. The van der Waals surface area contributed by atoms with Gasteiger partial charge in [0, 0.05) is 51.1 Å². The molecule has 3 heterocycles. The van der Waals surface area contributed by atoms with Crippen LogP contribution in [0.2, 0.25) is 0 Å². The average molecular weight is 346 g/mol. The van der Waals surface area contributed by atoms with E-state index in [0.717, 1.165) is 44.9 Å². The zero-order chi connectivity index (χ0) is 17.6. The Bertz CT molecular complexity index is 592. The van der Waals surface area contributed by atoms with Gasteiger partial charge in [-0.3, -0.25) is 9.48 Å². The lowest BCUT2D eigenvalue weighted by Crippen LogP contribution is -2.51. The molecule has 1 aromatic rings. The minimum atomic E-state index is -0.0201. The summed E-state index contributed by atoms with van der Waals surface area (Å²) in [7, 11) is 0. The lowest BCUT2D eigenvalue weighted by molar-refractivity contribution is -0.117. The molecule has 0 radical (unpaired) electrons. The summed E-state index contributed by atoms with van der Waals surface area (Å²) >= 11 is 0. The molecule has 0 saturated carbocycles. The monoisotopic (exact) mass is 346 g/mol. The summed E-state index contributed by atoms with van der Waals surface area (Å²) in [6.45, 7) is 9.06. The fourth-order valence-electron chi connectivity index (χ4n) is 3.83. The topological polar surface area (TPSA) is 59.4 Å². The van der Waals surface area contributed by atoms with Crippen molar-refractivity contribution in [3.63, 3.8) is 0 Å². The Labute approximate surface area is 150 Å². The lowest BCUT2D eigenvalue weighted by atomic mass is 9.93. The Hall–Kier alpha value is -1.66. The highest BCUT2D eigenvalue weighted by Gasteiger charge is 2.29. The molecule has 3 atom stereocenters. The third-order valence-electron chi connectivity index (χ3n) is 5.26. The van der Waals surface area contributed by atoms with E-state index in [2.05, 4.69) is 22.2 Å². The number of nitrogens with one attached hydrogen (secondary N) is 1. The van der Waals surface area contributed by atoms with Crippen molar-refractivity contribution < 1.29 is 9.53 Å². The minimum Gasteiger partial charge on any atom is -0.377 e. The highest BCUT2D eigenvalue weighted by molar-refractivity contribution is 5.91. The summed E-state index contributed by atoms with van der Waals surface area (Å²) in [5, 5.41) is 7.38. The summed E-state index contributed by atoms with van der Waals surface area (Å²) in [6.07, 6.45) is 9.00. The molecular weight excluding hydrogens is 316 g/mol. The van der Waals surface area contributed by atoms with Crippen LogP contribution in [-0.4, -0.2) is 59.0 Å². The van der Waals surface area contributed by atoms with Crippen LogP contribution in [0, 0.1) is 5.92 Å². The first kappa shape index (κ1) is 18.1. The number of rotatable bonds is 6. The van der Waals surface area contributed by atoms with Crippen molar-refractivity contribution in [2.75, 3.05) is 26.2 Å². The van der Waals surface area contributed by atoms with E-state index in [1.165, 1.54) is 12.8 Å². The number of aryl methyl sites for hydroxylation is 1. The Morgan fingerprint density at radius 3 is 3.08 bits per heavy atom. The summed E-state index contributed by atoms with van der Waals surface area (Å²) in [4.78, 5) is 14.7. The molecule has 0 aromatic carbocycles. The van der Waals surface area contributed by atoms with Crippen LogP contribution >= 0.6 is 0 Å². The highest BCUT2D eigenvalue weighted by atomic mass is 16.5. The Morgan fingerprint density at radius 2 is 2.36 bits per heavy atom. The van der Waals surface area contributed by atoms with Crippen LogP contribution in [0.5, 0.6) is 0 Å². The molecule has 2 aliphatic rings. The molecule has 2 fully saturated rings. The average Bonchev–Trinajstić information content (AvgIpc) is 3.26. The van der Waals surface area contributed by atoms with E-state index >= 15 is 0 Å². The van der Waals surface area contributed by atoms with E-state index in [9.17, 15) is 4.79 Å². The lowest BCUT2D eigenvalue weighted by Gasteiger charge is -2.38. The fraction of sp³-hybridized carbons (Fsp3) is 0.684. The molecule has 6 heteroatoms. The summed E-state index contributed by atoms with van der Waals surface area (Å²) in [5.74, 6) is 0.432. The predicted molar refractivity (Wildman–Crippen MR) is 98.1 cm³/mol. The molecule has 25 heavy (non-hydrogen) atoms. The molecule has 3 rings (SSSR count). The van der Waals surface area contributed by atoms with Gasteiger partial charge in [-0.25, -0.2) is 0 Å². The maximum atomic E-state index is 12.3. The summed E-state index contributed by atoms with van der Waals surface area (Å²) in [5.41, 5.74) is 0.956. The number of amides is 1. The maximum absolute atomic E-state index is 12.3. The molecule has 0 aliphatic carbocycles. The number of aromatic nitrogens is 2. The van der Waals surface area contributed by atoms with Gasteiger partial charge in [0.05, 0.1) is 11.8 Å².